The van der Waals surface area contributed by atoms with Crippen molar-refractivity contribution in [2.45, 2.75) is 19.9 Å². The Labute approximate surface area is 113 Å². The van der Waals surface area contributed by atoms with E-state index in [1.165, 1.54) is 0 Å². The van der Waals surface area contributed by atoms with Crippen LogP contribution in [0.25, 0.3) is 0 Å². The van der Waals surface area contributed by atoms with Crippen LogP contribution in [-0.2, 0) is 0 Å². The number of ether oxygens (including phenoxy) is 1. The molecule has 0 spiro atoms. The van der Waals surface area contributed by atoms with Crippen molar-refractivity contribution >= 4 is 0 Å². The summed E-state index contributed by atoms with van der Waals surface area (Å²) in [7, 11) is 3.62. The molecule has 0 saturated carbocycles. The summed E-state index contributed by atoms with van der Waals surface area (Å²) in [5, 5.41) is 11.6. The van der Waals surface area contributed by atoms with Crippen LogP contribution in [0.1, 0.15) is 28.6 Å². The third kappa shape index (κ3) is 2.90. The Kier molecular flexibility index (Phi) is 4.12. The Morgan fingerprint density at radius 2 is 1.95 bits per heavy atom. The molecule has 2 rings (SSSR count). The maximum Gasteiger partial charge on any atom is 0.119 e. The van der Waals surface area contributed by atoms with Gasteiger partial charge in [0, 0.05) is 0 Å². The van der Waals surface area contributed by atoms with Gasteiger partial charge < -0.3 is 10.1 Å². The molecule has 0 fully saturated rings. The molecule has 100 valence electrons. The second kappa shape index (κ2) is 5.80. The molecule has 0 amide bonds. The summed E-state index contributed by atoms with van der Waals surface area (Å²) in [5.41, 5.74) is 4.15. The first-order chi connectivity index (χ1) is 9.15. The van der Waals surface area contributed by atoms with Gasteiger partial charge in [0.05, 0.1) is 24.5 Å². The lowest BCUT2D eigenvalue weighted by atomic mass is 9.97. The van der Waals surface area contributed by atoms with Crippen molar-refractivity contribution in [1.29, 1.82) is 0 Å². The van der Waals surface area contributed by atoms with Crippen LogP contribution < -0.4 is 10.1 Å². The van der Waals surface area contributed by atoms with E-state index in [9.17, 15) is 0 Å². The molecule has 0 bridgehead atoms. The quantitative estimate of drug-likeness (QED) is 0.913. The largest absolute Gasteiger partial charge is 0.497 e. The van der Waals surface area contributed by atoms with Gasteiger partial charge in [-0.05, 0) is 50.2 Å². The summed E-state index contributed by atoms with van der Waals surface area (Å²) in [6.45, 7) is 3.93. The standard InChI is InChI=1S/C15H19N3O/c1-10-8-14(11(2)18-17-10)15(16-3)12-6-5-7-13(9-12)19-4/h5-9,15-16H,1-4H3. The molecule has 2 aromatic rings. The maximum atomic E-state index is 5.28. The molecule has 4 nitrogen and oxygen atoms in total. The molecule has 1 aromatic heterocycles. The summed E-state index contributed by atoms with van der Waals surface area (Å²) in [6.07, 6.45) is 0. The normalized spacial score (nSPS) is 12.2. The highest BCUT2D eigenvalue weighted by molar-refractivity contribution is 5.38. The zero-order valence-electron chi connectivity index (χ0n) is 11.8. The molecule has 0 aliphatic carbocycles. The van der Waals surface area contributed by atoms with Crippen molar-refractivity contribution in [2.24, 2.45) is 0 Å². The van der Waals surface area contributed by atoms with Crippen LogP contribution in [0.15, 0.2) is 30.3 Å². The Balaban J connectivity index is 2.46. The van der Waals surface area contributed by atoms with Crippen LogP contribution in [0.2, 0.25) is 0 Å². The fourth-order valence-electron chi connectivity index (χ4n) is 2.18. The number of aromatic nitrogens is 2. The van der Waals surface area contributed by atoms with E-state index in [0.29, 0.717) is 0 Å². The van der Waals surface area contributed by atoms with E-state index >= 15 is 0 Å². The summed E-state index contributed by atoms with van der Waals surface area (Å²) in [4.78, 5) is 0. The van der Waals surface area contributed by atoms with E-state index in [1.54, 1.807) is 7.11 Å². The molecule has 19 heavy (non-hydrogen) atoms. The zero-order chi connectivity index (χ0) is 13.8. The number of hydrogen-bond donors (Lipinski definition) is 1. The smallest absolute Gasteiger partial charge is 0.119 e. The topological polar surface area (TPSA) is 47.0 Å². The van der Waals surface area contributed by atoms with Gasteiger partial charge in [-0.15, -0.1) is 0 Å². The van der Waals surface area contributed by atoms with Crippen molar-refractivity contribution in [2.75, 3.05) is 14.2 Å². The van der Waals surface area contributed by atoms with E-state index in [4.69, 9.17) is 4.74 Å². The zero-order valence-corrected chi connectivity index (χ0v) is 11.8. The second-order valence-electron chi connectivity index (χ2n) is 4.52. The van der Waals surface area contributed by atoms with Gasteiger partial charge in [0.1, 0.15) is 5.75 Å². The second-order valence-corrected chi connectivity index (χ2v) is 4.52. The minimum atomic E-state index is 0.0873. The van der Waals surface area contributed by atoms with Crippen LogP contribution in [0.3, 0.4) is 0 Å². The molecule has 1 N–H and O–H groups in total. The number of hydrogen-bond acceptors (Lipinski definition) is 4. The van der Waals surface area contributed by atoms with Crippen molar-refractivity contribution in [1.82, 2.24) is 15.5 Å². The van der Waals surface area contributed by atoms with Crippen LogP contribution in [0, 0.1) is 13.8 Å². The average Bonchev–Trinajstić information content (AvgIpc) is 2.44. The number of aryl methyl sites for hydroxylation is 2. The number of nitrogens with one attached hydrogen (secondary N) is 1. The number of rotatable bonds is 4. The van der Waals surface area contributed by atoms with E-state index in [-0.39, 0.29) is 6.04 Å². The number of nitrogens with zero attached hydrogens (tertiary/aromatic N) is 2. The molecule has 0 radical (unpaired) electrons. The van der Waals surface area contributed by atoms with Crippen LogP contribution >= 0.6 is 0 Å². The van der Waals surface area contributed by atoms with Crippen molar-refractivity contribution in [3.05, 3.63) is 52.8 Å². The van der Waals surface area contributed by atoms with Gasteiger partial charge in [0.25, 0.3) is 0 Å². The van der Waals surface area contributed by atoms with Crippen LogP contribution in [0.5, 0.6) is 5.75 Å². The Hall–Kier alpha value is -1.94. The maximum absolute atomic E-state index is 5.28. The van der Waals surface area contributed by atoms with Crippen molar-refractivity contribution < 1.29 is 4.74 Å². The van der Waals surface area contributed by atoms with Crippen LogP contribution in [-0.4, -0.2) is 24.4 Å². The first kappa shape index (κ1) is 13.5. The van der Waals surface area contributed by atoms with Gasteiger partial charge in [0.2, 0.25) is 0 Å². The number of benzene rings is 1. The Morgan fingerprint density at radius 1 is 1.16 bits per heavy atom. The Bertz CT molecular complexity index is 569. The summed E-state index contributed by atoms with van der Waals surface area (Å²) < 4.78 is 5.28. The average molecular weight is 257 g/mol. The van der Waals surface area contributed by atoms with Crippen molar-refractivity contribution in [3.8, 4) is 5.75 Å². The third-order valence-corrected chi connectivity index (χ3v) is 3.17. The van der Waals surface area contributed by atoms with Gasteiger partial charge >= 0.3 is 0 Å². The minimum absolute atomic E-state index is 0.0873. The highest BCUT2D eigenvalue weighted by atomic mass is 16.5. The first-order valence-electron chi connectivity index (χ1n) is 6.27. The monoisotopic (exact) mass is 257 g/mol. The molecule has 1 aromatic carbocycles. The molecule has 0 saturated heterocycles. The van der Waals surface area contributed by atoms with Gasteiger partial charge in [-0.25, -0.2) is 0 Å². The van der Waals surface area contributed by atoms with Gasteiger partial charge in [-0.1, -0.05) is 12.1 Å². The molecular weight excluding hydrogens is 238 g/mol. The lowest BCUT2D eigenvalue weighted by Crippen LogP contribution is -2.19. The predicted molar refractivity (Wildman–Crippen MR) is 75.4 cm³/mol. The van der Waals surface area contributed by atoms with E-state index in [0.717, 1.165) is 28.3 Å². The molecule has 1 unspecified atom stereocenters. The summed E-state index contributed by atoms with van der Waals surface area (Å²) in [5.74, 6) is 0.856. The lowest BCUT2D eigenvalue weighted by molar-refractivity contribution is 0.413. The highest BCUT2D eigenvalue weighted by Gasteiger charge is 2.16. The minimum Gasteiger partial charge on any atom is -0.497 e. The first-order valence-corrected chi connectivity index (χ1v) is 6.27. The molecule has 0 aliphatic rings. The lowest BCUT2D eigenvalue weighted by Gasteiger charge is -2.19. The fraction of sp³-hybridized carbons (Fsp3) is 0.333. The van der Waals surface area contributed by atoms with Crippen LogP contribution in [0.4, 0.5) is 0 Å². The molecule has 4 heteroatoms. The summed E-state index contributed by atoms with van der Waals surface area (Å²) in [6, 6.07) is 10.2. The van der Waals surface area contributed by atoms with E-state index in [2.05, 4.69) is 27.6 Å². The number of methoxy groups -OCH3 is 1. The molecule has 1 atom stereocenters. The van der Waals surface area contributed by atoms with Gasteiger partial charge in [-0.2, -0.15) is 10.2 Å². The SMILES string of the molecule is CNC(c1cccc(OC)c1)c1cc(C)nnc1C. The van der Waals surface area contributed by atoms with E-state index in [1.807, 2.05) is 39.1 Å². The molecule has 0 aliphatic heterocycles. The van der Waals surface area contributed by atoms with Gasteiger partial charge in [-0.3, -0.25) is 0 Å². The van der Waals surface area contributed by atoms with E-state index < -0.39 is 0 Å². The van der Waals surface area contributed by atoms with Gasteiger partial charge in [0.15, 0.2) is 0 Å². The Morgan fingerprint density at radius 3 is 2.63 bits per heavy atom. The molecular formula is C15H19N3O. The third-order valence-electron chi connectivity index (χ3n) is 3.17. The molecule has 1 heterocycles. The summed E-state index contributed by atoms with van der Waals surface area (Å²) >= 11 is 0. The van der Waals surface area contributed by atoms with Crippen molar-refractivity contribution in [3.63, 3.8) is 0 Å². The predicted octanol–water partition coefficient (Wildman–Crippen LogP) is 2.41. The fourth-order valence-corrected chi connectivity index (χ4v) is 2.18. The highest BCUT2D eigenvalue weighted by Crippen LogP contribution is 2.26.